The van der Waals surface area contributed by atoms with Crippen LogP contribution in [0.5, 0.6) is 0 Å². The predicted octanol–water partition coefficient (Wildman–Crippen LogP) is 1.62. The number of nitrogens with zero attached hydrogens (tertiary/aromatic N) is 1. The molecule has 1 aliphatic rings. The summed E-state index contributed by atoms with van der Waals surface area (Å²) in [5.74, 6) is -0.873. The van der Waals surface area contributed by atoms with Crippen molar-refractivity contribution in [1.29, 1.82) is 0 Å². The van der Waals surface area contributed by atoms with Crippen LogP contribution in [0.2, 0.25) is 5.02 Å². The highest BCUT2D eigenvalue weighted by Crippen LogP contribution is 2.24. The number of piperidine rings is 1. The minimum atomic E-state index is -3.90. The number of hydrogen-bond donors (Lipinski definition) is 1. The Balaban J connectivity index is 2.35. The average molecular weight is 294 g/mol. The van der Waals surface area contributed by atoms with Crippen molar-refractivity contribution in [1.82, 2.24) is 4.31 Å². The van der Waals surface area contributed by atoms with Crippen molar-refractivity contribution in [2.75, 3.05) is 13.1 Å². The van der Waals surface area contributed by atoms with Gasteiger partial charge in [0.2, 0.25) is 10.0 Å². The number of aliphatic hydroxyl groups is 1. The summed E-state index contributed by atoms with van der Waals surface area (Å²) in [5, 5.41) is 9.63. The van der Waals surface area contributed by atoms with Crippen molar-refractivity contribution in [3.8, 4) is 0 Å². The molecule has 100 valence electrons. The molecule has 1 aliphatic heterocycles. The van der Waals surface area contributed by atoms with E-state index in [1.54, 1.807) is 0 Å². The van der Waals surface area contributed by atoms with Gasteiger partial charge in [-0.1, -0.05) is 11.6 Å². The Bertz CT molecular complexity index is 549. The molecule has 0 aromatic heterocycles. The first-order chi connectivity index (χ1) is 8.41. The molecule has 1 aromatic rings. The Kier molecular flexibility index (Phi) is 3.91. The van der Waals surface area contributed by atoms with Crippen LogP contribution >= 0.6 is 11.6 Å². The molecule has 0 saturated carbocycles. The fraction of sp³-hybridized carbons (Fsp3) is 0.455. The van der Waals surface area contributed by atoms with Gasteiger partial charge in [-0.15, -0.1) is 0 Å². The molecule has 0 spiro atoms. The second kappa shape index (κ2) is 5.13. The van der Waals surface area contributed by atoms with Gasteiger partial charge in [-0.3, -0.25) is 0 Å². The number of halogens is 2. The van der Waals surface area contributed by atoms with Crippen LogP contribution in [-0.4, -0.2) is 37.0 Å². The van der Waals surface area contributed by atoms with Crippen LogP contribution in [0.3, 0.4) is 0 Å². The fourth-order valence-electron chi connectivity index (χ4n) is 1.96. The Labute approximate surface area is 110 Å². The van der Waals surface area contributed by atoms with Crippen LogP contribution < -0.4 is 0 Å². The van der Waals surface area contributed by atoms with Gasteiger partial charge in [0, 0.05) is 18.1 Å². The number of rotatable bonds is 2. The van der Waals surface area contributed by atoms with E-state index in [2.05, 4.69) is 0 Å². The van der Waals surface area contributed by atoms with Gasteiger partial charge in [-0.25, -0.2) is 12.8 Å². The van der Waals surface area contributed by atoms with Crippen molar-refractivity contribution < 1.29 is 17.9 Å². The Morgan fingerprint density at radius 1 is 1.44 bits per heavy atom. The third-order valence-electron chi connectivity index (χ3n) is 2.87. The number of hydrogen-bond acceptors (Lipinski definition) is 3. The Morgan fingerprint density at radius 3 is 2.78 bits per heavy atom. The van der Waals surface area contributed by atoms with Gasteiger partial charge < -0.3 is 5.11 Å². The van der Waals surface area contributed by atoms with Gasteiger partial charge in [-0.05, 0) is 31.0 Å². The maximum atomic E-state index is 13.6. The number of β-amino-alcohol motifs (C(OH)–C–C–N with tert-alkyl or cyclic N) is 1. The van der Waals surface area contributed by atoms with Crippen molar-refractivity contribution >= 4 is 21.6 Å². The van der Waals surface area contributed by atoms with Crippen LogP contribution in [0.25, 0.3) is 0 Å². The Hall–Kier alpha value is -0.690. The molecular formula is C11H13ClFNO3S. The third-order valence-corrected chi connectivity index (χ3v) is 5.00. The third kappa shape index (κ3) is 2.66. The summed E-state index contributed by atoms with van der Waals surface area (Å²) in [6, 6.07) is 3.45. The lowest BCUT2D eigenvalue weighted by Gasteiger charge is -2.29. The van der Waals surface area contributed by atoms with Crippen LogP contribution in [-0.2, 0) is 10.0 Å². The largest absolute Gasteiger partial charge is 0.392 e. The lowest BCUT2D eigenvalue weighted by Crippen LogP contribution is -2.42. The zero-order valence-corrected chi connectivity index (χ0v) is 11.1. The first-order valence-electron chi connectivity index (χ1n) is 5.54. The summed E-state index contributed by atoms with van der Waals surface area (Å²) in [7, 11) is -3.90. The first kappa shape index (κ1) is 13.7. The molecule has 2 rings (SSSR count). The summed E-state index contributed by atoms with van der Waals surface area (Å²) in [6.07, 6.45) is 0.439. The molecule has 7 heteroatoms. The molecule has 1 aromatic carbocycles. The lowest BCUT2D eigenvalue weighted by atomic mass is 10.1. The molecule has 4 nitrogen and oxygen atoms in total. The maximum Gasteiger partial charge on any atom is 0.246 e. The van der Waals surface area contributed by atoms with Crippen LogP contribution in [0.4, 0.5) is 4.39 Å². The van der Waals surface area contributed by atoms with Gasteiger partial charge in [0.15, 0.2) is 0 Å². The second-order valence-electron chi connectivity index (χ2n) is 4.23. The van der Waals surface area contributed by atoms with Crippen molar-refractivity contribution in [3.63, 3.8) is 0 Å². The second-order valence-corrected chi connectivity index (χ2v) is 6.58. The van der Waals surface area contributed by atoms with Crippen molar-refractivity contribution in [3.05, 3.63) is 29.0 Å². The quantitative estimate of drug-likeness (QED) is 0.901. The van der Waals surface area contributed by atoms with E-state index in [9.17, 15) is 17.9 Å². The number of aliphatic hydroxyl groups excluding tert-OH is 1. The van der Waals surface area contributed by atoms with E-state index < -0.39 is 26.8 Å². The van der Waals surface area contributed by atoms with Gasteiger partial charge >= 0.3 is 0 Å². The smallest absolute Gasteiger partial charge is 0.246 e. The number of sulfonamides is 1. The van der Waals surface area contributed by atoms with Crippen LogP contribution in [0, 0.1) is 5.82 Å². The minimum absolute atomic E-state index is 0.00436. The van der Waals surface area contributed by atoms with E-state index in [1.807, 2.05) is 0 Å². The van der Waals surface area contributed by atoms with E-state index in [0.717, 1.165) is 16.4 Å². The summed E-state index contributed by atoms with van der Waals surface area (Å²) >= 11 is 5.59. The van der Waals surface area contributed by atoms with Crippen LogP contribution in [0.15, 0.2) is 23.1 Å². The standard InChI is InChI=1S/C11H13ClFNO3S/c12-8-3-4-11(10(13)6-8)18(16,17)14-5-1-2-9(15)7-14/h3-4,6,9,15H,1-2,5,7H2. The van der Waals surface area contributed by atoms with E-state index in [1.165, 1.54) is 6.07 Å². The summed E-state index contributed by atoms with van der Waals surface area (Å²) < 4.78 is 39.1. The molecule has 1 fully saturated rings. The monoisotopic (exact) mass is 293 g/mol. The highest BCUT2D eigenvalue weighted by molar-refractivity contribution is 7.89. The molecule has 1 atom stereocenters. The fourth-order valence-corrected chi connectivity index (χ4v) is 3.68. The molecule has 0 bridgehead atoms. The predicted molar refractivity (Wildman–Crippen MR) is 65.4 cm³/mol. The summed E-state index contributed by atoms with van der Waals surface area (Å²) in [4.78, 5) is -0.402. The van der Waals surface area contributed by atoms with E-state index >= 15 is 0 Å². The topological polar surface area (TPSA) is 57.6 Å². The van der Waals surface area contributed by atoms with E-state index in [4.69, 9.17) is 11.6 Å². The molecule has 1 unspecified atom stereocenters. The molecule has 18 heavy (non-hydrogen) atoms. The molecule has 1 saturated heterocycles. The normalized spacial score (nSPS) is 22.1. The summed E-state index contributed by atoms with van der Waals surface area (Å²) in [5.41, 5.74) is 0. The van der Waals surface area contributed by atoms with Gasteiger partial charge in [0.25, 0.3) is 0 Å². The zero-order chi connectivity index (χ0) is 13.3. The maximum absolute atomic E-state index is 13.6. The molecule has 1 heterocycles. The molecule has 0 radical (unpaired) electrons. The number of benzene rings is 1. The molecule has 1 N–H and O–H groups in total. The SMILES string of the molecule is O=S(=O)(c1ccc(Cl)cc1F)N1CCCC(O)C1. The lowest BCUT2D eigenvalue weighted by molar-refractivity contribution is 0.108. The summed E-state index contributed by atoms with van der Waals surface area (Å²) in [6.45, 7) is 0.297. The van der Waals surface area contributed by atoms with Gasteiger partial charge in [-0.2, -0.15) is 4.31 Å². The molecular weight excluding hydrogens is 281 g/mol. The first-order valence-corrected chi connectivity index (χ1v) is 7.36. The van der Waals surface area contributed by atoms with E-state index in [0.29, 0.717) is 19.4 Å². The minimum Gasteiger partial charge on any atom is -0.392 e. The van der Waals surface area contributed by atoms with Gasteiger partial charge in [0.1, 0.15) is 10.7 Å². The molecule has 0 amide bonds. The highest BCUT2D eigenvalue weighted by Gasteiger charge is 2.31. The van der Waals surface area contributed by atoms with Gasteiger partial charge in [0.05, 0.1) is 6.10 Å². The zero-order valence-electron chi connectivity index (χ0n) is 9.51. The highest BCUT2D eigenvalue weighted by atomic mass is 35.5. The average Bonchev–Trinajstić information content (AvgIpc) is 2.28. The van der Waals surface area contributed by atoms with Crippen molar-refractivity contribution in [2.45, 2.75) is 23.8 Å². The van der Waals surface area contributed by atoms with E-state index in [-0.39, 0.29) is 11.6 Å². The Morgan fingerprint density at radius 2 is 2.17 bits per heavy atom. The molecule has 0 aliphatic carbocycles. The van der Waals surface area contributed by atoms with Crippen molar-refractivity contribution in [2.24, 2.45) is 0 Å². The van der Waals surface area contributed by atoms with Crippen LogP contribution in [0.1, 0.15) is 12.8 Å².